The van der Waals surface area contributed by atoms with Gasteiger partial charge in [0.15, 0.2) is 11.5 Å². The van der Waals surface area contributed by atoms with Gasteiger partial charge in [-0.3, -0.25) is 4.99 Å². The van der Waals surface area contributed by atoms with Crippen LogP contribution in [0.25, 0.3) is 0 Å². The fraction of sp³-hybridized carbons (Fsp3) is 0.316. The van der Waals surface area contributed by atoms with Crippen molar-refractivity contribution < 1.29 is 18.9 Å². The summed E-state index contributed by atoms with van der Waals surface area (Å²) < 4.78 is 21.7. The molecule has 0 bridgehead atoms. The molecule has 24 heavy (non-hydrogen) atoms. The van der Waals surface area contributed by atoms with E-state index in [-0.39, 0.29) is 0 Å². The van der Waals surface area contributed by atoms with Gasteiger partial charge in [0.05, 0.1) is 34.2 Å². The molecular weight excluding hydrogens is 306 g/mol. The zero-order chi connectivity index (χ0) is 17.1. The molecule has 2 aromatic carbocycles. The molecule has 5 heteroatoms. The van der Waals surface area contributed by atoms with Crippen molar-refractivity contribution in [3.05, 3.63) is 47.0 Å². The molecule has 0 aromatic heterocycles. The fourth-order valence-corrected chi connectivity index (χ4v) is 2.95. The highest BCUT2D eigenvalue weighted by Gasteiger charge is 2.22. The van der Waals surface area contributed by atoms with Gasteiger partial charge in [-0.1, -0.05) is 0 Å². The molecule has 0 radical (unpaired) electrons. The highest BCUT2D eigenvalue weighted by Crippen LogP contribution is 2.35. The van der Waals surface area contributed by atoms with E-state index in [1.165, 1.54) is 5.56 Å². The lowest BCUT2D eigenvalue weighted by atomic mass is 9.92. The number of hydrogen-bond acceptors (Lipinski definition) is 5. The quantitative estimate of drug-likeness (QED) is 0.847. The van der Waals surface area contributed by atoms with Gasteiger partial charge in [0.1, 0.15) is 11.5 Å². The van der Waals surface area contributed by atoms with Crippen molar-refractivity contribution in [2.24, 2.45) is 4.99 Å². The number of methoxy groups -OCH3 is 4. The van der Waals surface area contributed by atoms with Gasteiger partial charge in [-0.25, -0.2) is 0 Å². The third-order valence-electron chi connectivity index (χ3n) is 4.18. The van der Waals surface area contributed by atoms with E-state index >= 15 is 0 Å². The maximum absolute atomic E-state index is 5.54. The second kappa shape index (κ2) is 6.83. The topological polar surface area (TPSA) is 49.3 Å². The van der Waals surface area contributed by atoms with Crippen LogP contribution in [-0.4, -0.2) is 40.7 Å². The van der Waals surface area contributed by atoms with E-state index in [1.807, 2.05) is 30.3 Å². The zero-order valence-electron chi connectivity index (χ0n) is 14.4. The molecule has 0 fully saturated rings. The summed E-state index contributed by atoms with van der Waals surface area (Å²) in [5.74, 6) is 2.91. The van der Waals surface area contributed by atoms with Gasteiger partial charge in [0.25, 0.3) is 0 Å². The minimum Gasteiger partial charge on any atom is -0.497 e. The predicted octanol–water partition coefficient (Wildman–Crippen LogP) is 3.11. The molecule has 0 atom stereocenters. The summed E-state index contributed by atoms with van der Waals surface area (Å²) in [5, 5.41) is 0. The normalized spacial score (nSPS) is 12.9. The highest BCUT2D eigenvalue weighted by atomic mass is 16.5. The molecule has 1 aliphatic rings. The first-order chi connectivity index (χ1) is 11.7. The number of fused-ring (bicyclic) bond motifs is 1. The number of aliphatic imine (C=N–C) groups is 1. The van der Waals surface area contributed by atoms with Crippen molar-refractivity contribution in [3.63, 3.8) is 0 Å². The van der Waals surface area contributed by atoms with Crippen molar-refractivity contribution >= 4 is 5.71 Å². The van der Waals surface area contributed by atoms with Gasteiger partial charge < -0.3 is 18.9 Å². The third-order valence-corrected chi connectivity index (χ3v) is 4.18. The second-order valence-electron chi connectivity index (χ2n) is 5.41. The first-order valence-electron chi connectivity index (χ1n) is 7.74. The van der Waals surface area contributed by atoms with Crippen molar-refractivity contribution in [3.8, 4) is 23.0 Å². The van der Waals surface area contributed by atoms with Gasteiger partial charge >= 0.3 is 0 Å². The van der Waals surface area contributed by atoms with Gasteiger partial charge in [-0.2, -0.15) is 0 Å². The summed E-state index contributed by atoms with van der Waals surface area (Å²) in [5.41, 5.74) is 4.07. The number of hydrogen-bond donors (Lipinski definition) is 0. The fourth-order valence-electron chi connectivity index (χ4n) is 2.95. The molecule has 2 aromatic rings. The summed E-state index contributed by atoms with van der Waals surface area (Å²) in [7, 11) is 6.57. The largest absolute Gasteiger partial charge is 0.497 e. The van der Waals surface area contributed by atoms with Crippen LogP contribution >= 0.6 is 0 Å². The van der Waals surface area contributed by atoms with Crippen LogP contribution in [0, 0.1) is 0 Å². The molecule has 5 nitrogen and oxygen atoms in total. The average molecular weight is 327 g/mol. The molecule has 0 saturated heterocycles. The number of benzene rings is 2. The lowest BCUT2D eigenvalue weighted by Gasteiger charge is -2.21. The first kappa shape index (κ1) is 16.2. The van der Waals surface area contributed by atoms with Gasteiger partial charge in [-0.05, 0) is 36.2 Å². The van der Waals surface area contributed by atoms with Crippen molar-refractivity contribution in [2.75, 3.05) is 35.0 Å². The summed E-state index contributed by atoms with van der Waals surface area (Å²) in [6.07, 6.45) is 0.873. The van der Waals surface area contributed by atoms with Crippen molar-refractivity contribution in [1.82, 2.24) is 0 Å². The Morgan fingerprint density at radius 1 is 0.750 bits per heavy atom. The molecule has 0 spiro atoms. The van der Waals surface area contributed by atoms with E-state index in [0.29, 0.717) is 5.75 Å². The molecule has 0 saturated carbocycles. The Balaban J connectivity index is 2.13. The van der Waals surface area contributed by atoms with E-state index in [0.717, 1.165) is 47.1 Å². The smallest absolute Gasteiger partial charge is 0.161 e. The summed E-state index contributed by atoms with van der Waals surface area (Å²) >= 11 is 0. The Kier molecular flexibility index (Phi) is 4.60. The molecule has 1 aliphatic heterocycles. The number of ether oxygens (including phenoxy) is 4. The molecule has 3 rings (SSSR count). The van der Waals surface area contributed by atoms with Crippen molar-refractivity contribution in [2.45, 2.75) is 6.42 Å². The average Bonchev–Trinajstić information content (AvgIpc) is 2.65. The van der Waals surface area contributed by atoms with Crippen LogP contribution in [0.4, 0.5) is 0 Å². The van der Waals surface area contributed by atoms with Gasteiger partial charge in [0.2, 0.25) is 0 Å². The third kappa shape index (κ3) is 2.77. The SMILES string of the molecule is COc1ccc(C2=NCCc3cc(OC)c(OC)cc32)c(OC)c1. The Morgan fingerprint density at radius 2 is 1.46 bits per heavy atom. The van der Waals surface area contributed by atoms with Gasteiger partial charge in [0, 0.05) is 23.7 Å². The first-order valence-corrected chi connectivity index (χ1v) is 7.74. The number of nitrogens with zero attached hydrogens (tertiary/aromatic N) is 1. The molecular formula is C19H21NO4. The lowest BCUT2D eigenvalue weighted by molar-refractivity contribution is 0.354. The molecule has 0 unspecified atom stereocenters. The summed E-state index contributed by atoms with van der Waals surface area (Å²) in [6.45, 7) is 0.729. The molecule has 1 heterocycles. The van der Waals surface area contributed by atoms with Crippen LogP contribution in [0.5, 0.6) is 23.0 Å². The Morgan fingerprint density at radius 3 is 2.12 bits per heavy atom. The monoisotopic (exact) mass is 327 g/mol. The molecule has 126 valence electrons. The maximum Gasteiger partial charge on any atom is 0.161 e. The van der Waals surface area contributed by atoms with E-state index < -0.39 is 0 Å². The van der Waals surface area contributed by atoms with Crippen LogP contribution in [0.2, 0.25) is 0 Å². The molecule has 0 aliphatic carbocycles. The Bertz CT molecular complexity index is 783. The standard InChI is InChI=1S/C19H21NO4/c1-21-13-5-6-14(16(10-13)22-2)19-15-11-18(24-4)17(23-3)9-12(15)7-8-20-19/h5-6,9-11H,7-8H2,1-4H3. The van der Waals surface area contributed by atoms with Crippen LogP contribution in [-0.2, 0) is 6.42 Å². The minimum absolute atomic E-state index is 0.693. The summed E-state index contributed by atoms with van der Waals surface area (Å²) in [6, 6.07) is 9.76. The van der Waals surface area contributed by atoms with Crippen LogP contribution in [0.1, 0.15) is 16.7 Å². The van der Waals surface area contributed by atoms with Crippen LogP contribution < -0.4 is 18.9 Å². The molecule has 0 N–H and O–H groups in total. The van der Waals surface area contributed by atoms with E-state index in [2.05, 4.69) is 0 Å². The zero-order valence-corrected chi connectivity index (χ0v) is 14.4. The summed E-state index contributed by atoms with van der Waals surface area (Å²) in [4.78, 5) is 4.74. The van der Waals surface area contributed by atoms with E-state index in [1.54, 1.807) is 28.4 Å². The highest BCUT2D eigenvalue weighted by molar-refractivity contribution is 6.16. The molecule has 0 amide bonds. The Labute approximate surface area is 141 Å². The number of rotatable bonds is 5. The van der Waals surface area contributed by atoms with E-state index in [4.69, 9.17) is 23.9 Å². The predicted molar refractivity (Wildman–Crippen MR) is 93.3 cm³/mol. The van der Waals surface area contributed by atoms with Crippen LogP contribution in [0.15, 0.2) is 35.3 Å². The lowest BCUT2D eigenvalue weighted by Crippen LogP contribution is -2.15. The van der Waals surface area contributed by atoms with Gasteiger partial charge in [-0.15, -0.1) is 0 Å². The second-order valence-corrected chi connectivity index (χ2v) is 5.41. The minimum atomic E-state index is 0.693. The van der Waals surface area contributed by atoms with Crippen LogP contribution in [0.3, 0.4) is 0 Å². The van der Waals surface area contributed by atoms with Crippen molar-refractivity contribution in [1.29, 1.82) is 0 Å². The Hall–Kier alpha value is -2.69. The van der Waals surface area contributed by atoms with E-state index in [9.17, 15) is 0 Å². The maximum atomic E-state index is 5.54.